The van der Waals surface area contributed by atoms with E-state index >= 15 is 0 Å². The van der Waals surface area contributed by atoms with Gasteiger partial charge in [-0.15, -0.1) is 0 Å². The van der Waals surface area contributed by atoms with Crippen LogP contribution in [-0.2, 0) is 55.4 Å². The number of hydrogen-bond acceptors (Lipinski definition) is 11. The summed E-state index contributed by atoms with van der Waals surface area (Å²) in [5.74, 6) is -1.36. The number of aryl methyl sites for hydroxylation is 6. The fourth-order valence-corrected chi connectivity index (χ4v) is 11.7. The Balaban J connectivity index is 0.000000171. The number of primary amides is 4. The van der Waals surface area contributed by atoms with Crippen LogP contribution in [0, 0.1) is 30.3 Å². The van der Waals surface area contributed by atoms with E-state index in [2.05, 4.69) is 67.4 Å². The molecule has 0 saturated heterocycles. The zero-order valence-corrected chi connectivity index (χ0v) is 57.6. The maximum absolute atomic E-state index is 13.5. The average molecular weight is 1400 g/mol. The number of pyridine rings is 1. The first kappa shape index (κ1) is 76.1. The van der Waals surface area contributed by atoms with E-state index in [1.54, 1.807) is 79.0 Å². The number of nitrogens with one attached hydrogen (secondary N) is 1. The number of phenolic OH excluding ortho intramolecular Hbond substituents is 3. The number of hydrogen-bond donors (Lipinski definition) is 8. The molecule has 15 nitrogen and oxygen atoms in total. The molecule has 103 heavy (non-hydrogen) atoms. The van der Waals surface area contributed by atoms with Gasteiger partial charge < -0.3 is 38.3 Å². The van der Waals surface area contributed by atoms with Gasteiger partial charge in [-0.3, -0.25) is 24.2 Å². The minimum atomic E-state index is -2.61. The van der Waals surface area contributed by atoms with Gasteiger partial charge in [0.1, 0.15) is 28.9 Å². The van der Waals surface area contributed by atoms with Crippen molar-refractivity contribution in [2.75, 3.05) is 0 Å². The van der Waals surface area contributed by atoms with E-state index in [9.17, 15) is 43.3 Å². The second kappa shape index (κ2) is 37.5. The molecule has 0 spiro atoms. The normalized spacial score (nSPS) is 10.4. The van der Waals surface area contributed by atoms with Crippen LogP contribution in [0.5, 0.6) is 17.2 Å². The number of benzene rings is 11. The Hall–Kier alpha value is -12.7. The minimum Gasteiger partial charge on any atom is -0.508 e. The van der Waals surface area contributed by atoms with Gasteiger partial charge in [-0.2, -0.15) is 13.2 Å². The average Bonchev–Trinajstić information content (AvgIpc) is 0.826. The highest BCUT2D eigenvalue weighted by atomic mass is 32.2. The van der Waals surface area contributed by atoms with Gasteiger partial charge in [-0.05, 0) is 219 Å². The first-order chi connectivity index (χ1) is 49.4. The molecule has 11 aromatic carbocycles. The molecule has 18 heteroatoms. The van der Waals surface area contributed by atoms with Crippen LogP contribution < -0.4 is 22.9 Å². The van der Waals surface area contributed by atoms with Gasteiger partial charge >= 0.3 is 10.5 Å². The fourth-order valence-electron chi connectivity index (χ4n) is 11.7. The smallest absolute Gasteiger partial charge is 0.308 e. The Labute approximate surface area is 599 Å². The van der Waals surface area contributed by atoms with E-state index in [0.717, 1.165) is 94.7 Å². The molecule has 0 saturated carbocycles. The van der Waals surface area contributed by atoms with Crippen LogP contribution in [0.25, 0.3) is 89.1 Å². The molecule has 12 rings (SSSR count). The lowest BCUT2D eigenvalue weighted by Crippen LogP contribution is -2.11. The van der Waals surface area contributed by atoms with Crippen molar-refractivity contribution in [3.63, 3.8) is 0 Å². The van der Waals surface area contributed by atoms with Crippen molar-refractivity contribution in [1.82, 2.24) is 4.98 Å². The van der Waals surface area contributed by atoms with E-state index in [0.29, 0.717) is 32.1 Å². The predicted octanol–water partition coefficient (Wildman–Crippen LogP) is 16.8. The molecule has 1 aromatic heterocycles. The SMILES string of the molecule is Cc1cc(C)cc(-c2ccc(-c3ccccc3)cc2CCC(N)=O)c1.N=S(=O)=O.NC(=O)CCc1cc(-c2ccc(F)cc2)ccc1-c1cccc(O)c1.NC(=O)CCc1cc(-c2cccc(F)c2)ccc1-c1cccc(O)c1.NC(=O)CCc1cc(-c2ccccn2)ccc1-c1cccc(O)c1. The number of phenols is 3. The molecule has 0 aliphatic rings. The van der Waals surface area contributed by atoms with E-state index in [1.807, 2.05) is 115 Å². The Morgan fingerprint density at radius 3 is 1.04 bits per heavy atom. The number of amides is 4. The highest BCUT2D eigenvalue weighted by Crippen LogP contribution is 2.36. The van der Waals surface area contributed by atoms with Gasteiger partial charge in [0.2, 0.25) is 23.6 Å². The van der Waals surface area contributed by atoms with Gasteiger partial charge in [0.25, 0.3) is 0 Å². The topological polar surface area (TPSA) is 304 Å². The summed E-state index contributed by atoms with van der Waals surface area (Å²) in [5, 5.41) is 29.2. The highest BCUT2D eigenvalue weighted by molar-refractivity contribution is 7.60. The fraction of sp³-hybridized carbons (Fsp3) is 0.118. The van der Waals surface area contributed by atoms with Crippen LogP contribution in [-0.4, -0.2) is 52.4 Å². The van der Waals surface area contributed by atoms with Crippen molar-refractivity contribution in [3.05, 3.63) is 312 Å². The Morgan fingerprint density at radius 2 is 0.660 bits per heavy atom. The standard InChI is InChI=1S/C23H23NO.2C21H18FNO2.C20H18N2O2.HNO2S/c1-16-12-17(2)14-21(13-16)22-10-8-19(18-6-4-3-5-7-18)15-20(22)9-11-23(24)25;22-18-5-1-3-14(12-18)15-7-9-20(16-4-2-6-19(24)13-16)17(11-15)8-10-21(23)25;22-18-8-4-14(5-9-18)15-6-10-20(16-2-1-3-19(24)13-16)17(12-15)7-11-21(23)25;21-20(24)10-8-15-12-16(19-6-1-2-11-22-19)7-9-18(15)14-4-3-5-17(23)13-14;1-4(2)3/h3-8,10,12-15H,9,11H2,1-2H3,(H2,24,25);1-7,9,11-13,24H,8,10H2,(H2,23,25);1-6,8-10,12-13,24H,7,11H2,(H2,23,25);1-7,9,11-13,23H,8,10H2,(H2,21,24);1H. The third-order valence-corrected chi connectivity index (χ3v) is 16.4. The number of carbonyl (C=O) groups excluding carboxylic acids is 4. The van der Waals surface area contributed by atoms with Crippen molar-refractivity contribution in [3.8, 4) is 106 Å². The number of nitrogens with zero attached hydrogens (tertiary/aromatic N) is 1. The van der Waals surface area contributed by atoms with Gasteiger partial charge in [0.15, 0.2) is 0 Å². The van der Waals surface area contributed by atoms with Gasteiger partial charge in [0.05, 0.1) is 5.69 Å². The molecule has 0 radical (unpaired) electrons. The number of aromatic hydroxyl groups is 3. The van der Waals surface area contributed by atoms with E-state index in [4.69, 9.17) is 36.1 Å². The maximum Gasteiger partial charge on any atom is 0.308 e. The summed E-state index contributed by atoms with van der Waals surface area (Å²) in [6, 6.07) is 80.4. The van der Waals surface area contributed by atoms with Crippen molar-refractivity contribution < 1.29 is 51.7 Å². The number of carbonyl (C=O) groups is 4. The Morgan fingerprint density at radius 1 is 0.340 bits per heavy atom. The first-order valence-electron chi connectivity index (χ1n) is 32.9. The van der Waals surface area contributed by atoms with Crippen molar-refractivity contribution in [2.24, 2.45) is 22.9 Å². The summed E-state index contributed by atoms with van der Waals surface area (Å²) in [4.78, 5) is 49.3. The van der Waals surface area contributed by atoms with E-state index in [1.165, 1.54) is 52.1 Å². The molecule has 12 aromatic rings. The van der Waals surface area contributed by atoms with Gasteiger partial charge in [0, 0.05) is 37.4 Å². The Kier molecular flexibility index (Phi) is 27.7. The van der Waals surface area contributed by atoms with Crippen LogP contribution in [0.15, 0.2) is 267 Å². The second-order valence-electron chi connectivity index (χ2n) is 24.2. The minimum absolute atomic E-state index is 0.174. The molecule has 0 aliphatic heterocycles. The third kappa shape index (κ3) is 23.8. The van der Waals surface area contributed by atoms with Crippen LogP contribution in [0.2, 0.25) is 0 Å². The molecule has 0 fully saturated rings. The highest BCUT2D eigenvalue weighted by Gasteiger charge is 2.16. The van der Waals surface area contributed by atoms with Crippen molar-refractivity contribution >= 4 is 34.1 Å². The lowest BCUT2D eigenvalue weighted by atomic mass is 9.91. The summed E-state index contributed by atoms with van der Waals surface area (Å²) in [6.07, 6.45) is 5.00. The number of rotatable bonds is 20. The molecule has 0 aliphatic carbocycles. The summed E-state index contributed by atoms with van der Waals surface area (Å²) >= 11 is 0. The van der Waals surface area contributed by atoms with Gasteiger partial charge in [-0.25, -0.2) is 8.78 Å². The zero-order chi connectivity index (χ0) is 74.0. The number of nitrogens with two attached hydrogens (primary N) is 4. The predicted molar refractivity (Wildman–Crippen MR) is 403 cm³/mol. The monoisotopic (exact) mass is 1400 g/mol. The maximum atomic E-state index is 13.5. The van der Waals surface area contributed by atoms with Crippen LogP contribution >= 0.6 is 0 Å². The Bertz CT molecular complexity index is 5040. The summed E-state index contributed by atoms with van der Waals surface area (Å²) in [5.41, 5.74) is 43.3. The first-order valence-corrected chi connectivity index (χ1v) is 33.9. The van der Waals surface area contributed by atoms with Crippen LogP contribution in [0.1, 0.15) is 59.1 Å². The molecule has 522 valence electrons. The van der Waals surface area contributed by atoms with Crippen LogP contribution in [0.4, 0.5) is 8.78 Å². The number of aromatic nitrogens is 1. The molecule has 12 N–H and O–H groups in total. The van der Waals surface area contributed by atoms with E-state index < -0.39 is 10.5 Å². The number of halogens is 2. The molecule has 0 unspecified atom stereocenters. The van der Waals surface area contributed by atoms with Gasteiger partial charge in [-0.1, -0.05) is 193 Å². The summed E-state index contributed by atoms with van der Waals surface area (Å²) < 4.78 is 49.5. The quantitative estimate of drug-likeness (QED) is 0.0357. The van der Waals surface area contributed by atoms with Crippen LogP contribution in [0.3, 0.4) is 0 Å². The summed E-state index contributed by atoms with van der Waals surface area (Å²) in [6.45, 7) is 4.22. The molecule has 4 amide bonds. The lowest BCUT2D eigenvalue weighted by Gasteiger charge is -2.13. The summed E-state index contributed by atoms with van der Waals surface area (Å²) in [7, 11) is -2.61. The second-order valence-corrected chi connectivity index (χ2v) is 24.7. The third-order valence-electron chi connectivity index (χ3n) is 16.4. The van der Waals surface area contributed by atoms with E-state index in [-0.39, 0.29) is 71.8 Å². The largest absolute Gasteiger partial charge is 0.508 e. The molecule has 0 bridgehead atoms. The molecule has 1 heterocycles. The van der Waals surface area contributed by atoms with Crippen molar-refractivity contribution in [1.29, 1.82) is 4.78 Å². The molecular formula is C85H78F2N6O9S. The van der Waals surface area contributed by atoms with Crippen molar-refractivity contribution in [2.45, 2.75) is 65.2 Å². The zero-order valence-electron chi connectivity index (χ0n) is 56.8. The molecular weight excluding hydrogens is 1320 g/mol. The lowest BCUT2D eigenvalue weighted by molar-refractivity contribution is -0.118. The molecule has 0 atom stereocenters.